The van der Waals surface area contributed by atoms with Crippen molar-refractivity contribution in [1.29, 1.82) is 0 Å². The highest BCUT2D eigenvalue weighted by atomic mass is 16.3. The van der Waals surface area contributed by atoms with Gasteiger partial charge in [0.05, 0.1) is 0 Å². The molecule has 0 saturated carbocycles. The molecule has 1 nitrogen and oxygen atoms in total. The third-order valence-corrected chi connectivity index (χ3v) is 10.8. The molecule has 0 unspecified atom stereocenters. The van der Waals surface area contributed by atoms with E-state index in [2.05, 4.69) is 182 Å². The molecule has 0 bridgehead atoms. The average Bonchev–Trinajstić information content (AvgIpc) is 3.56. The van der Waals surface area contributed by atoms with Crippen molar-refractivity contribution in [2.75, 3.05) is 0 Å². The summed E-state index contributed by atoms with van der Waals surface area (Å²) in [4.78, 5) is 0. The van der Waals surface area contributed by atoms with Crippen molar-refractivity contribution >= 4 is 75.8 Å². The molecule has 11 rings (SSSR count). The first kappa shape index (κ1) is 28.2. The smallest absolute Gasteiger partial charge is 0.136 e. The standard InChI is InChI=1S/C50H30O/c1-2-13-31(14-3-1)36-27-28-45-49(44-29-33-16-4-5-17-34(33)30-46(44)51-45)50(36)48-42-21-10-8-19-40(42)47(41-20-9-11-22-43(41)48)39-24-12-23-37-35-18-7-6-15-32(35)25-26-38(37)39/h1-30H. The van der Waals surface area contributed by atoms with Gasteiger partial charge in [0.25, 0.3) is 0 Å². The molecule has 11 aromatic rings. The predicted octanol–water partition coefficient (Wildman–Crippen LogP) is 14.4. The van der Waals surface area contributed by atoms with Crippen molar-refractivity contribution in [3.05, 3.63) is 182 Å². The fourth-order valence-electron chi connectivity index (χ4n) is 8.62. The van der Waals surface area contributed by atoms with Crippen molar-refractivity contribution in [3.63, 3.8) is 0 Å². The molecule has 0 fully saturated rings. The molecule has 10 aromatic carbocycles. The molecular formula is C50H30O. The van der Waals surface area contributed by atoms with Crippen LogP contribution in [0.1, 0.15) is 0 Å². The number of rotatable bonds is 3. The van der Waals surface area contributed by atoms with Crippen LogP contribution < -0.4 is 0 Å². The van der Waals surface area contributed by atoms with E-state index in [1.165, 1.54) is 87.2 Å². The zero-order valence-electron chi connectivity index (χ0n) is 27.7. The van der Waals surface area contributed by atoms with Gasteiger partial charge in [-0.05, 0) is 99.9 Å². The number of benzene rings is 10. The average molecular weight is 647 g/mol. The number of furan rings is 1. The third kappa shape index (κ3) is 4.16. The maximum Gasteiger partial charge on any atom is 0.136 e. The van der Waals surface area contributed by atoms with E-state index in [9.17, 15) is 0 Å². The second kappa shape index (κ2) is 10.9. The lowest BCUT2D eigenvalue weighted by Crippen LogP contribution is -1.94. The SMILES string of the molecule is c1ccc(-c2ccc3oc4cc5ccccc5cc4c3c2-c2c3ccccc3c(-c3cccc4c3ccc3ccccc34)c3ccccc23)cc1. The molecule has 51 heavy (non-hydrogen) atoms. The third-order valence-electron chi connectivity index (χ3n) is 10.8. The fraction of sp³-hybridized carbons (Fsp3) is 0. The van der Waals surface area contributed by atoms with Gasteiger partial charge >= 0.3 is 0 Å². The summed E-state index contributed by atoms with van der Waals surface area (Å²) in [6.07, 6.45) is 0. The molecule has 0 amide bonds. The van der Waals surface area contributed by atoms with Crippen LogP contribution in [-0.4, -0.2) is 0 Å². The molecular weight excluding hydrogens is 617 g/mol. The summed E-state index contributed by atoms with van der Waals surface area (Å²) < 4.78 is 6.71. The Balaban J connectivity index is 1.33. The van der Waals surface area contributed by atoms with E-state index in [4.69, 9.17) is 4.42 Å². The minimum absolute atomic E-state index is 0.896. The van der Waals surface area contributed by atoms with Gasteiger partial charge < -0.3 is 4.42 Å². The van der Waals surface area contributed by atoms with Crippen molar-refractivity contribution in [2.24, 2.45) is 0 Å². The topological polar surface area (TPSA) is 13.1 Å². The molecule has 236 valence electrons. The Morgan fingerprint density at radius 2 is 0.863 bits per heavy atom. The van der Waals surface area contributed by atoms with Gasteiger partial charge in [-0.1, -0.05) is 164 Å². The largest absolute Gasteiger partial charge is 0.456 e. The van der Waals surface area contributed by atoms with Gasteiger partial charge in [-0.25, -0.2) is 0 Å². The molecule has 0 aliphatic heterocycles. The van der Waals surface area contributed by atoms with Crippen LogP contribution in [0.5, 0.6) is 0 Å². The molecule has 0 aliphatic carbocycles. The van der Waals surface area contributed by atoms with Crippen LogP contribution in [0.2, 0.25) is 0 Å². The summed E-state index contributed by atoms with van der Waals surface area (Å²) in [6.45, 7) is 0. The minimum atomic E-state index is 0.896. The first-order valence-corrected chi connectivity index (χ1v) is 17.6. The highest BCUT2D eigenvalue weighted by Crippen LogP contribution is 2.51. The first-order valence-electron chi connectivity index (χ1n) is 17.6. The van der Waals surface area contributed by atoms with E-state index in [0.717, 1.165) is 21.9 Å². The molecule has 1 heteroatoms. The summed E-state index contributed by atoms with van der Waals surface area (Å²) in [5.74, 6) is 0. The molecule has 0 aliphatic rings. The van der Waals surface area contributed by atoms with Crippen LogP contribution in [0.15, 0.2) is 186 Å². The van der Waals surface area contributed by atoms with E-state index in [1.807, 2.05) is 0 Å². The first-order chi connectivity index (χ1) is 25.3. The van der Waals surface area contributed by atoms with Gasteiger partial charge in [0.1, 0.15) is 11.2 Å². The van der Waals surface area contributed by atoms with Gasteiger partial charge in [-0.2, -0.15) is 0 Å². The monoisotopic (exact) mass is 646 g/mol. The van der Waals surface area contributed by atoms with E-state index in [0.29, 0.717) is 0 Å². The van der Waals surface area contributed by atoms with Crippen molar-refractivity contribution in [2.45, 2.75) is 0 Å². The highest BCUT2D eigenvalue weighted by molar-refractivity contribution is 6.29. The zero-order valence-corrected chi connectivity index (χ0v) is 27.7. The van der Waals surface area contributed by atoms with Gasteiger partial charge in [0.2, 0.25) is 0 Å². The molecule has 0 saturated heterocycles. The maximum absolute atomic E-state index is 6.71. The Hall–Kier alpha value is -6.70. The second-order valence-corrected chi connectivity index (χ2v) is 13.6. The van der Waals surface area contributed by atoms with Crippen LogP contribution in [-0.2, 0) is 0 Å². The van der Waals surface area contributed by atoms with Crippen molar-refractivity contribution in [1.82, 2.24) is 0 Å². The normalized spacial score (nSPS) is 11.9. The van der Waals surface area contributed by atoms with E-state index >= 15 is 0 Å². The second-order valence-electron chi connectivity index (χ2n) is 13.6. The molecule has 0 N–H and O–H groups in total. The predicted molar refractivity (Wildman–Crippen MR) is 218 cm³/mol. The molecule has 0 spiro atoms. The lowest BCUT2D eigenvalue weighted by Gasteiger charge is -2.21. The summed E-state index contributed by atoms with van der Waals surface area (Å²) in [5, 5.41) is 14.7. The van der Waals surface area contributed by atoms with E-state index in [-0.39, 0.29) is 0 Å². The Morgan fingerprint density at radius 1 is 0.275 bits per heavy atom. The van der Waals surface area contributed by atoms with E-state index < -0.39 is 0 Å². The Labute approximate surface area is 294 Å². The summed E-state index contributed by atoms with van der Waals surface area (Å²) in [5.41, 5.74) is 9.13. The molecule has 0 atom stereocenters. The lowest BCUT2D eigenvalue weighted by molar-refractivity contribution is 0.669. The highest BCUT2D eigenvalue weighted by Gasteiger charge is 2.24. The number of hydrogen-bond donors (Lipinski definition) is 0. The maximum atomic E-state index is 6.71. The molecule has 1 heterocycles. The van der Waals surface area contributed by atoms with Gasteiger partial charge in [-0.3, -0.25) is 0 Å². The zero-order chi connectivity index (χ0) is 33.5. The number of hydrogen-bond acceptors (Lipinski definition) is 1. The fourth-order valence-corrected chi connectivity index (χ4v) is 8.62. The van der Waals surface area contributed by atoms with Gasteiger partial charge in [0.15, 0.2) is 0 Å². The van der Waals surface area contributed by atoms with Crippen molar-refractivity contribution in [3.8, 4) is 33.4 Å². The van der Waals surface area contributed by atoms with Crippen LogP contribution >= 0.6 is 0 Å². The Bertz CT molecular complexity index is 3130. The lowest BCUT2D eigenvalue weighted by atomic mass is 9.81. The van der Waals surface area contributed by atoms with Crippen molar-refractivity contribution < 1.29 is 4.42 Å². The van der Waals surface area contributed by atoms with E-state index in [1.54, 1.807) is 0 Å². The summed E-state index contributed by atoms with van der Waals surface area (Å²) in [7, 11) is 0. The minimum Gasteiger partial charge on any atom is -0.456 e. The summed E-state index contributed by atoms with van der Waals surface area (Å²) in [6, 6.07) is 66.3. The quantitative estimate of drug-likeness (QED) is 0.138. The van der Waals surface area contributed by atoms with Crippen LogP contribution in [0.4, 0.5) is 0 Å². The molecule has 0 radical (unpaired) electrons. The summed E-state index contributed by atoms with van der Waals surface area (Å²) >= 11 is 0. The van der Waals surface area contributed by atoms with Gasteiger partial charge in [-0.15, -0.1) is 0 Å². The van der Waals surface area contributed by atoms with Crippen LogP contribution in [0.25, 0.3) is 109 Å². The Morgan fingerprint density at radius 3 is 1.59 bits per heavy atom. The Kier molecular flexibility index (Phi) is 6.02. The van der Waals surface area contributed by atoms with Crippen LogP contribution in [0.3, 0.4) is 0 Å². The number of fused-ring (bicyclic) bond motifs is 9. The van der Waals surface area contributed by atoms with Gasteiger partial charge in [0, 0.05) is 16.3 Å². The molecule has 1 aromatic heterocycles. The van der Waals surface area contributed by atoms with Crippen LogP contribution in [0, 0.1) is 0 Å².